The Morgan fingerprint density at radius 2 is 0.833 bits per heavy atom. The van der Waals surface area contributed by atoms with E-state index in [0.29, 0.717) is 15.4 Å². The van der Waals surface area contributed by atoms with Crippen molar-refractivity contribution in [2.45, 2.75) is 25.4 Å². The van der Waals surface area contributed by atoms with Crippen LogP contribution in [-0.2, 0) is 21.7 Å². The Balaban J connectivity index is -0.0000000793. The van der Waals surface area contributed by atoms with Crippen molar-refractivity contribution in [1.82, 2.24) is 0 Å². The molecule has 2 aromatic rings. The first kappa shape index (κ1) is 27.0. The molecule has 18 heavy (non-hydrogen) atoms. The van der Waals surface area contributed by atoms with Crippen LogP contribution in [0, 0.1) is 13.8 Å². The summed E-state index contributed by atoms with van der Waals surface area (Å²) in [5.74, 6) is 4.56. The standard InChI is InChI=1S/2C6H7.C2H7Ge.2ClH.Ti/c2*1-6-4-2-3-5-6;1-3-2;;;/h2*2-5H,1H3;3H,1-2H3;2*1H;/q2*-1;;;;+4/p-2. The van der Waals surface area contributed by atoms with Crippen LogP contribution in [0.15, 0.2) is 48.5 Å². The van der Waals surface area contributed by atoms with Gasteiger partial charge in [0.1, 0.15) is 0 Å². The number of aryl methyl sites for hydroxylation is 2. The summed E-state index contributed by atoms with van der Waals surface area (Å²) >= 11 is 0.312. The van der Waals surface area contributed by atoms with Gasteiger partial charge in [0.05, 0.1) is 0 Å². The van der Waals surface area contributed by atoms with E-state index in [-0.39, 0.29) is 46.5 Å². The van der Waals surface area contributed by atoms with Crippen molar-refractivity contribution in [3.05, 3.63) is 59.7 Å². The monoisotopic (exact) mass is 381 g/mol. The minimum absolute atomic E-state index is 0. The molecule has 0 nitrogen and oxygen atoms in total. The Morgan fingerprint density at radius 1 is 0.667 bits per heavy atom. The normalized spacial score (nSPS) is 6.89. The van der Waals surface area contributed by atoms with Gasteiger partial charge in [0.2, 0.25) is 0 Å². The predicted octanol–water partition coefficient (Wildman–Crippen LogP) is -2.05. The zero-order chi connectivity index (χ0) is 11.5. The van der Waals surface area contributed by atoms with E-state index in [0.717, 1.165) is 0 Å². The second-order valence-corrected chi connectivity index (χ2v) is 5.92. The van der Waals surface area contributed by atoms with Crippen molar-refractivity contribution in [1.29, 1.82) is 0 Å². The first-order chi connectivity index (χ1) is 7.20. The first-order valence-electron chi connectivity index (χ1n) is 5.31. The molecule has 2 aromatic carbocycles. The Morgan fingerprint density at radius 3 is 0.889 bits per heavy atom. The minimum Gasteiger partial charge on any atom is -1.00 e. The Labute approximate surface area is 146 Å². The Hall–Kier alpha value is 0.537. The molecule has 0 N–H and O–H groups in total. The summed E-state index contributed by atoms with van der Waals surface area (Å²) in [5, 5.41) is 0. The SMILES string of the molecule is C[c-]1cccc1.C[c-]1cccc1.[CH3][GeH][CH3].[Cl-].[Cl-].[Ti+4]. The van der Waals surface area contributed by atoms with Crippen LogP contribution < -0.4 is 24.8 Å². The van der Waals surface area contributed by atoms with Gasteiger partial charge in [-0.1, -0.05) is 13.8 Å². The maximum Gasteiger partial charge on any atom is 4.00 e. The van der Waals surface area contributed by atoms with E-state index in [4.69, 9.17) is 0 Å². The van der Waals surface area contributed by atoms with E-state index in [1.54, 1.807) is 0 Å². The third-order valence-electron chi connectivity index (χ3n) is 1.66. The molecule has 2 rings (SSSR count). The van der Waals surface area contributed by atoms with E-state index >= 15 is 0 Å². The van der Waals surface area contributed by atoms with Gasteiger partial charge in [0.15, 0.2) is 0 Å². The Kier molecular flexibility index (Phi) is 29.8. The number of hydrogen-bond donors (Lipinski definition) is 0. The maximum atomic E-state index is 2.28. The van der Waals surface area contributed by atoms with Gasteiger partial charge in [-0.3, -0.25) is 0 Å². The van der Waals surface area contributed by atoms with Crippen LogP contribution in [0.3, 0.4) is 0 Å². The summed E-state index contributed by atoms with van der Waals surface area (Å²) < 4.78 is 0. The molecule has 0 saturated carbocycles. The molecule has 0 atom stereocenters. The first-order valence-corrected chi connectivity index (χ1v) is 10.2. The third-order valence-corrected chi connectivity index (χ3v) is 1.66. The molecule has 1 radical (unpaired) electrons. The summed E-state index contributed by atoms with van der Waals surface area (Å²) in [7, 11) is 0. The average molecular weight is 381 g/mol. The van der Waals surface area contributed by atoms with Crippen molar-refractivity contribution in [2.75, 3.05) is 0 Å². The zero-order valence-electron chi connectivity index (χ0n) is 11.5. The molecule has 0 saturated heterocycles. The smallest absolute Gasteiger partial charge is 1.00 e. The average Bonchev–Trinajstić information content (AvgIpc) is 2.81. The second kappa shape index (κ2) is 19.9. The molecule has 0 bridgehead atoms. The van der Waals surface area contributed by atoms with E-state index in [1.807, 2.05) is 24.3 Å². The fourth-order valence-electron chi connectivity index (χ4n) is 0.940. The number of rotatable bonds is 0. The van der Waals surface area contributed by atoms with Gasteiger partial charge in [-0.15, -0.1) is 0 Å². The van der Waals surface area contributed by atoms with Crippen molar-refractivity contribution in [3.63, 3.8) is 0 Å². The molecule has 0 amide bonds. The quantitative estimate of drug-likeness (QED) is 0.365. The van der Waals surface area contributed by atoms with Crippen LogP contribution in [0.2, 0.25) is 11.5 Å². The van der Waals surface area contributed by atoms with Crippen LogP contribution in [0.4, 0.5) is 0 Å². The fourth-order valence-corrected chi connectivity index (χ4v) is 0.940. The molecule has 0 spiro atoms. The summed E-state index contributed by atoms with van der Waals surface area (Å²) in [6, 6.07) is 16.5. The van der Waals surface area contributed by atoms with Gasteiger partial charge in [-0.25, -0.2) is 24.3 Å². The topological polar surface area (TPSA) is 0 Å². The largest absolute Gasteiger partial charge is 4.00 e. The number of hydrogen-bond acceptors (Lipinski definition) is 0. The van der Waals surface area contributed by atoms with E-state index < -0.39 is 0 Å². The molecule has 4 heteroatoms. The van der Waals surface area contributed by atoms with Gasteiger partial charge in [0.25, 0.3) is 0 Å². The molecular weight excluding hydrogens is 360 g/mol. The summed E-state index contributed by atoms with van der Waals surface area (Å²) in [6.45, 7) is 4.17. The maximum absolute atomic E-state index is 2.28. The zero-order valence-corrected chi connectivity index (χ0v) is 16.9. The van der Waals surface area contributed by atoms with Gasteiger partial charge in [-0.05, 0) is 0 Å². The van der Waals surface area contributed by atoms with E-state index in [2.05, 4.69) is 49.6 Å². The van der Waals surface area contributed by atoms with Crippen molar-refractivity contribution >= 4 is 15.4 Å². The van der Waals surface area contributed by atoms with E-state index in [1.165, 1.54) is 11.1 Å². The van der Waals surface area contributed by atoms with Gasteiger partial charge in [0, 0.05) is 0 Å². The number of halogens is 2. The van der Waals surface area contributed by atoms with Gasteiger partial charge in [-0.2, -0.15) is 35.4 Å². The van der Waals surface area contributed by atoms with Crippen LogP contribution in [0.25, 0.3) is 0 Å². The van der Waals surface area contributed by atoms with Crippen molar-refractivity contribution < 1.29 is 46.5 Å². The summed E-state index contributed by atoms with van der Waals surface area (Å²) in [4.78, 5) is 0. The molecule has 0 aliphatic carbocycles. The Bertz CT molecular complexity index is 272. The van der Waals surface area contributed by atoms with Crippen LogP contribution in [-0.4, -0.2) is 15.4 Å². The van der Waals surface area contributed by atoms with Crippen molar-refractivity contribution in [2.24, 2.45) is 0 Å². The molecular formula is C14H21Cl2GeTi. The summed E-state index contributed by atoms with van der Waals surface area (Å²) in [5.41, 5.74) is 2.69. The molecule has 0 heterocycles. The molecule has 0 fully saturated rings. The fraction of sp³-hybridized carbons (Fsp3) is 0.286. The van der Waals surface area contributed by atoms with Gasteiger partial charge >= 0.3 is 48.7 Å². The minimum atomic E-state index is 0. The molecule has 0 aliphatic heterocycles. The van der Waals surface area contributed by atoms with Crippen LogP contribution in [0.5, 0.6) is 0 Å². The molecule has 0 unspecified atom stereocenters. The molecule has 0 aliphatic rings. The third kappa shape index (κ3) is 18.9. The van der Waals surface area contributed by atoms with Crippen LogP contribution in [0.1, 0.15) is 11.1 Å². The summed E-state index contributed by atoms with van der Waals surface area (Å²) in [6.07, 6.45) is 0. The van der Waals surface area contributed by atoms with Crippen LogP contribution >= 0.6 is 0 Å². The van der Waals surface area contributed by atoms with Crippen molar-refractivity contribution in [3.8, 4) is 0 Å². The second-order valence-electron chi connectivity index (χ2n) is 3.50. The van der Waals surface area contributed by atoms with E-state index in [9.17, 15) is 0 Å². The molecule has 0 aromatic heterocycles. The van der Waals surface area contributed by atoms with Gasteiger partial charge < -0.3 is 24.8 Å². The predicted molar refractivity (Wildman–Crippen MR) is 72.4 cm³/mol. The molecule has 99 valence electrons.